The number of nitrogens with one attached hydrogen (secondary N) is 1. The lowest BCUT2D eigenvalue weighted by atomic mass is 9.96. The van der Waals surface area contributed by atoms with Crippen molar-refractivity contribution in [3.63, 3.8) is 0 Å². The standard InChI is InChI=1S/C25H31NO4/c1-3-5-7-9-11-19-13-14-21(20(15-19)12-10-8-6-4-2)18-30-24(28)17-22-16-23(27)26-25(22)29/h3-4,13-16H,1-2,5-12,17-18H2,(H,26,27,29). The van der Waals surface area contributed by atoms with Crippen molar-refractivity contribution in [2.24, 2.45) is 0 Å². The quantitative estimate of drug-likeness (QED) is 0.212. The van der Waals surface area contributed by atoms with Crippen molar-refractivity contribution >= 4 is 17.8 Å². The maximum atomic E-state index is 12.1. The summed E-state index contributed by atoms with van der Waals surface area (Å²) in [5.74, 6) is -1.54. The normalized spacial score (nSPS) is 13.0. The summed E-state index contributed by atoms with van der Waals surface area (Å²) in [6, 6.07) is 6.34. The van der Waals surface area contributed by atoms with Gasteiger partial charge in [-0.2, -0.15) is 0 Å². The van der Waals surface area contributed by atoms with Gasteiger partial charge in [0.2, 0.25) is 0 Å². The van der Waals surface area contributed by atoms with Crippen LogP contribution in [0.3, 0.4) is 0 Å². The van der Waals surface area contributed by atoms with Crippen LogP contribution >= 0.6 is 0 Å². The molecule has 1 aliphatic rings. The van der Waals surface area contributed by atoms with Crippen molar-refractivity contribution in [1.82, 2.24) is 5.32 Å². The van der Waals surface area contributed by atoms with Crippen molar-refractivity contribution in [2.45, 2.75) is 64.4 Å². The zero-order chi connectivity index (χ0) is 21.8. The number of aryl methyl sites for hydroxylation is 2. The van der Waals surface area contributed by atoms with E-state index in [1.165, 1.54) is 11.1 Å². The molecular weight excluding hydrogens is 378 g/mol. The van der Waals surface area contributed by atoms with E-state index >= 15 is 0 Å². The molecule has 0 bridgehead atoms. The van der Waals surface area contributed by atoms with Crippen molar-refractivity contribution < 1.29 is 19.1 Å². The summed E-state index contributed by atoms with van der Waals surface area (Å²) in [5, 5.41) is 2.13. The Kier molecular flexibility index (Phi) is 9.78. The lowest BCUT2D eigenvalue weighted by Crippen LogP contribution is -2.23. The number of benzene rings is 1. The van der Waals surface area contributed by atoms with Crippen LogP contribution in [0.4, 0.5) is 0 Å². The Bertz CT molecular complexity index is 822. The molecule has 0 unspecified atom stereocenters. The van der Waals surface area contributed by atoms with Gasteiger partial charge in [0.05, 0.1) is 6.42 Å². The van der Waals surface area contributed by atoms with Crippen LogP contribution in [0.2, 0.25) is 0 Å². The lowest BCUT2D eigenvalue weighted by molar-refractivity contribution is -0.144. The molecule has 0 radical (unpaired) electrons. The topological polar surface area (TPSA) is 72.5 Å². The highest BCUT2D eigenvalue weighted by Crippen LogP contribution is 2.19. The van der Waals surface area contributed by atoms with E-state index in [0.29, 0.717) is 0 Å². The Morgan fingerprint density at radius 3 is 2.30 bits per heavy atom. The van der Waals surface area contributed by atoms with Gasteiger partial charge in [-0.05, 0) is 68.1 Å². The summed E-state index contributed by atoms with van der Waals surface area (Å²) >= 11 is 0. The average molecular weight is 410 g/mol. The Morgan fingerprint density at radius 2 is 1.67 bits per heavy atom. The molecule has 1 N–H and O–H groups in total. The van der Waals surface area contributed by atoms with Gasteiger partial charge in [-0.1, -0.05) is 30.4 Å². The molecule has 1 aromatic rings. The second-order valence-corrected chi connectivity index (χ2v) is 7.50. The minimum atomic E-state index is -0.527. The molecule has 1 aromatic carbocycles. The van der Waals surface area contributed by atoms with Crippen LogP contribution < -0.4 is 5.32 Å². The molecule has 0 aromatic heterocycles. The second-order valence-electron chi connectivity index (χ2n) is 7.50. The first-order valence-electron chi connectivity index (χ1n) is 10.6. The van der Waals surface area contributed by atoms with Gasteiger partial charge in [0.25, 0.3) is 11.8 Å². The number of amides is 2. The van der Waals surface area contributed by atoms with Gasteiger partial charge < -0.3 is 4.74 Å². The number of ether oxygens (including phenoxy) is 1. The van der Waals surface area contributed by atoms with E-state index < -0.39 is 17.8 Å². The fourth-order valence-electron chi connectivity index (χ4n) is 3.38. The van der Waals surface area contributed by atoms with Crippen LogP contribution in [0.25, 0.3) is 0 Å². The average Bonchev–Trinajstić information content (AvgIpc) is 3.04. The van der Waals surface area contributed by atoms with Crippen molar-refractivity contribution in [3.05, 3.63) is 71.8 Å². The molecule has 0 saturated carbocycles. The molecule has 1 heterocycles. The van der Waals surface area contributed by atoms with Crippen LogP contribution in [0.1, 0.15) is 61.6 Å². The molecule has 160 valence electrons. The van der Waals surface area contributed by atoms with E-state index in [4.69, 9.17) is 4.74 Å². The number of allylic oxidation sites excluding steroid dienone is 2. The number of hydrogen-bond donors (Lipinski definition) is 1. The molecule has 5 nitrogen and oxygen atoms in total. The van der Waals surface area contributed by atoms with Crippen LogP contribution in [0.15, 0.2) is 55.2 Å². The Morgan fingerprint density at radius 1 is 0.967 bits per heavy atom. The van der Waals surface area contributed by atoms with Crippen molar-refractivity contribution in [1.29, 1.82) is 0 Å². The van der Waals surface area contributed by atoms with E-state index in [1.807, 2.05) is 18.2 Å². The largest absolute Gasteiger partial charge is 0.461 e. The zero-order valence-electron chi connectivity index (χ0n) is 17.6. The van der Waals surface area contributed by atoms with E-state index in [0.717, 1.165) is 63.0 Å². The first kappa shape index (κ1) is 23.3. The van der Waals surface area contributed by atoms with Gasteiger partial charge in [0, 0.05) is 11.6 Å². The maximum absolute atomic E-state index is 12.1. The third-order valence-corrected chi connectivity index (χ3v) is 5.06. The van der Waals surface area contributed by atoms with Crippen LogP contribution in [0, 0.1) is 0 Å². The van der Waals surface area contributed by atoms with Gasteiger partial charge in [0.1, 0.15) is 6.61 Å². The monoisotopic (exact) mass is 409 g/mol. The third-order valence-electron chi connectivity index (χ3n) is 5.06. The van der Waals surface area contributed by atoms with E-state index in [9.17, 15) is 14.4 Å². The molecule has 1 aliphatic heterocycles. The Labute approximate surface area is 178 Å². The van der Waals surface area contributed by atoms with Crippen LogP contribution in [-0.2, 0) is 38.6 Å². The number of imide groups is 1. The molecule has 0 fully saturated rings. The Balaban J connectivity index is 1.97. The zero-order valence-corrected chi connectivity index (χ0v) is 17.6. The third kappa shape index (κ3) is 7.82. The SMILES string of the molecule is C=CCCCCc1ccc(COC(=O)CC2=CC(=O)NC2=O)c(CCCCC=C)c1. The summed E-state index contributed by atoms with van der Waals surface area (Å²) < 4.78 is 5.40. The summed E-state index contributed by atoms with van der Waals surface area (Å²) in [6.45, 7) is 7.69. The smallest absolute Gasteiger partial charge is 0.310 e. The summed E-state index contributed by atoms with van der Waals surface area (Å²) in [5.41, 5.74) is 3.61. The predicted molar refractivity (Wildman–Crippen MR) is 118 cm³/mol. The molecule has 5 heteroatoms. The molecule has 0 atom stereocenters. The summed E-state index contributed by atoms with van der Waals surface area (Å²) in [6.07, 6.45) is 13.1. The lowest BCUT2D eigenvalue weighted by Gasteiger charge is -2.13. The number of carbonyl (C=O) groups excluding carboxylic acids is 3. The summed E-state index contributed by atoms with van der Waals surface area (Å²) in [4.78, 5) is 34.9. The van der Waals surface area contributed by atoms with Crippen LogP contribution in [0.5, 0.6) is 0 Å². The highest BCUT2D eigenvalue weighted by molar-refractivity contribution is 6.17. The van der Waals surface area contributed by atoms with Gasteiger partial charge >= 0.3 is 5.97 Å². The number of esters is 1. The van der Waals surface area contributed by atoms with E-state index in [2.05, 4.69) is 30.6 Å². The minimum absolute atomic E-state index is 0.143. The molecule has 2 rings (SSSR count). The number of hydrogen-bond acceptors (Lipinski definition) is 4. The second kappa shape index (κ2) is 12.6. The molecule has 0 saturated heterocycles. The first-order valence-corrected chi connectivity index (χ1v) is 10.6. The van der Waals surface area contributed by atoms with E-state index in [1.54, 1.807) is 0 Å². The van der Waals surface area contributed by atoms with Gasteiger partial charge in [-0.3, -0.25) is 19.7 Å². The molecule has 2 amide bonds. The number of carbonyl (C=O) groups is 3. The number of rotatable bonds is 14. The highest BCUT2D eigenvalue weighted by Gasteiger charge is 2.23. The fourth-order valence-corrected chi connectivity index (χ4v) is 3.38. The van der Waals surface area contributed by atoms with Crippen LogP contribution in [-0.4, -0.2) is 17.8 Å². The highest BCUT2D eigenvalue weighted by atomic mass is 16.5. The maximum Gasteiger partial charge on any atom is 0.310 e. The molecule has 0 spiro atoms. The minimum Gasteiger partial charge on any atom is -0.461 e. The first-order chi connectivity index (χ1) is 14.5. The van der Waals surface area contributed by atoms with Gasteiger partial charge in [-0.15, -0.1) is 13.2 Å². The van der Waals surface area contributed by atoms with Gasteiger partial charge in [0.15, 0.2) is 0 Å². The summed E-state index contributed by atoms with van der Waals surface area (Å²) in [7, 11) is 0. The molecular formula is C25H31NO4. The molecule has 30 heavy (non-hydrogen) atoms. The molecule has 0 aliphatic carbocycles. The van der Waals surface area contributed by atoms with Gasteiger partial charge in [-0.25, -0.2) is 0 Å². The van der Waals surface area contributed by atoms with Crippen molar-refractivity contribution in [3.8, 4) is 0 Å². The fraction of sp³-hybridized carbons (Fsp3) is 0.400. The van der Waals surface area contributed by atoms with E-state index in [-0.39, 0.29) is 18.6 Å². The Hall–Kier alpha value is -2.95. The number of unbranched alkanes of at least 4 members (excludes halogenated alkanes) is 4. The van der Waals surface area contributed by atoms with Crippen molar-refractivity contribution in [2.75, 3.05) is 0 Å². The predicted octanol–water partition coefficient (Wildman–Crippen LogP) is 4.50.